The third-order valence-corrected chi connectivity index (χ3v) is 4.19. The molecule has 1 atom stereocenters. The first-order valence-electron chi connectivity index (χ1n) is 6.36. The Morgan fingerprint density at radius 2 is 2.15 bits per heavy atom. The van der Waals surface area contributed by atoms with Crippen molar-refractivity contribution in [1.29, 1.82) is 0 Å². The molecule has 1 fully saturated rings. The zero-order valence-corrected chi connectivity index (χ0v) is 12.5. The number of aromatic nitrogens is 1. The Balaban J connectivity index is 0.00000147. The summed E-state index contributed by atoms with van der Waals surface area (Å²) in [5, 5.41) is 6.77. The van der Waals surface area contributed by atoms with Crippen LogP contribution in [0.1, 0.15) is 6.42 Å². The lowest BCUT2D eigenvalue weighted by Gasteiger charge is -2.06. The number of halogens is 1. The normalized spacial score (nSPS) is 17.5. The summed E-state index contributed by atoms with van der Waals surface area (Å²) in [4.78, 5) is 17.3. The Bertz CT molecular complexity index is 567. The van der Waals surface area contributed by atoms with Crippen molar-refractivity contribution in [3.63, 3.8) is 0 Å². The van der Waals surface area contributed by atoms with Crippen LogP contribution in [0.25, 0.3) is 10.4 Å². The van der Waals surface area contributed by atoms with Crippen LogP contribution in [-0.2, 0) is 4.79 Å². The molecule has 1 aromatic carbocycles. The van der Waals surface area contributed by atoms with Crippen LogP contribution in [-0.4, -0.2) is 24.0 Å². The lowest BCUT2D eigenvalue weighted by Crippen LogP contribution is -2.24. The van der Waals surface area contributed by atoms with Gasteiger partial charge in [0.05, 0.1) is 10.8 Å². The van der Waals surface area contributed by atoms with Crippen molar-refractivity contribution in [2.45, 2.75) is 6.42 Å². The van der Waals surface area contributed by atoms with Gasteiger partial charge in [-0.15, -0.1) is 12.4 Å². The lowest BCUT2D eigenvalue weighted by molar-refractivity contribution is -0.119. The maximum absolute atomic E-state index is 12.0. The Morgan fingerprint density at radius 1 is 1.35 bits per heavy atom. The molecule has 0 spiro atoms. The largest absolute Gasteiger partial charge is 0.316 e. The number of hydrogen-bond donors (Lipinski definition) is 2. The summed E-state index contributed by atoms with van der Waals surface area (Å²) in [6.07, 6.45) is 2.71. The van der Waals surface area contributed by atoms with Crippen molar-refractivity contribution in [3.8, 4) is 10.4 Å². The number of nitrogens with zero attached hydrogens (tertiary/aromatic N) is 1. The predicted octanol–water partition coefficient (Wildman–Crippen LogP) is 2.78. The summed E-state index contributed by atoms with van der Waals surface area (Å²) in [6, 6.07) is 10.1. The van der Waals surface area contributed by atoms with E-state index >= 15 is 0 Å². The highest BCUT2D eigenvalue weighted by molar-refractivity contribution is 7.19. The number of carbonyl (C=O) groups excluding carboxylic acids is 1. The SMILES string of the molecule is Cl.O=C(Nc1ncc(-c2ccccc2)s1)[C@H]1CCNC1. The number of rotatable bonds is 3. The third kappa shape index (κ3) is 3.36. The minimum atomic E-state index is 0. The van der Waals surface area contributed by atoms with E-state index in [4.69, 9.17) is 0 Å². The van der Waals surface area contributed by atoms with Gasteiger partial charge in [0.25, 0.3) is 0 Å². The third-order valence-electron chi connectivity index (χ3n) is 3.23. The van der Waals surface area contributed by atoms with Gasteiger partial charge >= 0.3 is 0 Å². The second kappa shape index (κ2) is 6.83. The highest BCUT2D eigenvalue weighted by Gasteiger charge is 2.23. The average Bonchev–Trinajstić information content (AvgIpc) is 3.11. The Morgan fingerprint density at radius 3 is 2.85 bits per heavy atom. The van der Waals surface area contributed by atoms with Crippen LogP contribution in [0, 0.1) is 5.92 Å². The summed E-state index contributed by atoms with van der Waals surface area (Å²) < 4.78 is 0. The Labute approximate surface area is 128 Å². The molecule has 3 rings (SSSR count). The van der Waals surface area contributed by atoms with Crippen LogP contribution in [0.15, 0.2) is 36.5 Å². The number of nitrogens with one attached hydrogen (secondary N) is 2. The topological polar surface area (TPSA) is 54.0 Å². The first-order chi connectivity index (χ1) is 9.33. The quantitative estimate of drug-likeness (QED) is 0.916. The smallest absolute Gasteiger partial charge is 0.230 e. The molecule has 0 unspecified atom stereocenters. The monoisotopic (exact) mass is 309 g/mol. The van der Waals surface area contributed by atoms with Gasteiger partial charge in [-0.1, -0.05) is 41.7 Å². The summed E-state index contributed by atoms with van der Waals surface area (Å²) >= 11 is 1.51. The molecule has 1 aromatic heterocycles. The van der Waals surface area contributed by atoms with E-state index in [-0.39, 0.29) is 24.2 Å². The van der Waals surface area contributed by atoms with Gasteiger partial charge in [-0.25, -0.2) is 4.98 Å². The molecule has 1 saturated heterocycles. The molecular formula is C14H16ClN3OS. The molecule has 2 aromatic rings. The van der Waals surface area contributed by atoms with E-state index in [2.05, 4.69) is 15.6 Å². The summed E-state index contributed by atoms with van der Waals surface area (Å²) in [6.45, 7) is 1.69. The molecule has 1 aliphatic rings. The highest BCUT2D eigenvalue weighted by Crippen LogP contribution is 2.29. The van der Waals surface area contributed by atoms with Crippen LogP contribution in [0.4, 0.5) is 5.13 Å². The summed E-state index contributed by atoms with van der Waals surface area (Å²) in [7, 11) is 0. The van der Waals surface area contributed by atoms with Gasteiger partial charge in [-0.3, -0.25) is 4.79 Å². The fourth-order valence-electron chi connectivity index (χ4n) is 2.15. The van der Waals surface area contributed by atoms with E-state index in [0.29, 0.717) is 5.13 Å². The van der Waals surface area contributed by atoms with E-state index in [0.717, 1.165) is 30.0 Å². The fraction of sp³-hybridized carbons (Fsp3) is 0.286. The molecule has 20 heavy (non-hydrogen) atoms. The lowest BCUT2D eigenvalue weighted by atomic mass is 10.1. The van der Waals surface area contributed by atoms with E-state index in [1.807, 2.05) is 36.5 Å². The predicted molar refractivity (Wildman–Crippen MR) is 84.4 cm³/mol. The minimum Gasteiger partial charge on any atom is -0.316 e. The van der Waals surface area contributed by atoms with Crippen molar-refractivity contribution >= 4 is 34.8 Å². The van der Waals surface area contributed by atoms with Gasteiger partial charge in [0.2, 0.25) is 5.91 Å². The van der Waals surface area contributed by atoms with E-state index in [1.54, 1.807) is 0 Å². The fourth-order valence-corrected chi connectivity index (χ4v) is 2.98. The van der Waals surface area contributed by atoms with Crippen LogP contribution in [0.3, 0.4) is 0 Å². The molecule has 0 saturated carbocycles. The van der Waals surface area contributed by atoms with E-state index in [9.17, 15) is 4.79 Å². The molecular weight excluding hydrogens is 294 g/mol. The van der Waals surface area contributed by atoms with E-state index in [1.165, 1.54) is 11.3 Å². The molecule has 6 heteroatoms. The van der Waals surface area contributed by atoms with Crippen molar-refractivity contribution in [2.75, 3.05) is 18.4 Å². The molecule has 2 heterocycles. The van der Waals surface area contributed by atoms with Crippen molar-refractivity contribution in [2.24, 2.45) is 5.92 Å². The van der Waals surface area contributed by atoms with Gasteiger partial charge in [-0.05, 0) is 18.5 Å². The number of amides is 1. The molecule has 1 amide bonds. The average molecular weight is 310 g/mol. The van der Waals surface area contributed by atoms with Gasteiger partial charge in [0, 0.05) is 12.7 Å². The Kier molecular flexibility index (Phi) is 5.11. The second-order valence-electron chi connectivity index (χ2n) is 4.57. The zero-order valence-electron chi connectivity index (χ0n) is 10.8. The van der Waals surface area contributed by atoms with E-state index < -0.39 is 0 Å². The zero-order chi connectivity index (χ0) is 13.1. The van der Waals surface area contributed by atoms with Gasteiger partial charge in [0.15, 0.2) is 5.13 Å². The van der Waals surface area contributed by atoms with Gasteiger partial charge in [0.1, 0.15) is 0 Å². The Hall–Kier alpha value is -1.43. The highest BCUT2D eigenvalue weighted by atomic mass is 35.5. The number of carbonyl (C=O) groups is 1. The van der Waals surface area contributed by atoms with Crippen LogP contribution in [0.2, 0.25) is 0 Å². The molecule has 106 valence electrons. The van der Waals surface area contributed by atoms with Crippen LogP contribution < -0.4 is 10.6 Å². The molecule has 1 aliphatic heterocycles. The molecule has 0 bridgehead atoms. The number of thiazole rings is 1. The number of benzene rings is 1. The molecule has 0 radical (unpaired) electrons. The van der Waals surface area contributed by atoms with Crippen molar-refractivity contribution < 1.29 is 4.79 Å². The minimum absolute atomic E-state index is 0. The maximum Gasteiger partial charge on any atom is 0.230 e. The second-order valence-corrected chi connectivity index (χ2v) is 5.61. The standard InChI is InChI=1S/C14H15N3OS.ClH/c18-13(11-6-7-15-8-11)17-14-16-9-12(19-14)10-4-2-1-3-5-10;/h1-5,9,11,15H,6-8H2,(H,16,17,18);1H/t11-;/m0./s1. The van der Waals surface area contributed by atoms with Gasteiger partial charge in [-0.2, -0.15) is 0 Å². The maximum atomic E-state index is 12.0. The van der Waals surface area contributed by atoms with Crippen molar-refractivity contribution in [3.05, 3.63) is 36.5 Å². The number of anilines is 1. The van der Waals surface area contributed by atoms with Crippen LogP contribution in [0.5, 0.6) is 0 Å². The molecule has 2 N–H and O–H groups in total. The van der Waals surface area contributed by atoms with Gasteiger partial charge < -0.3 is 10.6 Å². The molecule has 4 nitrogen and oxygen atoms in total. The first kappa shape index (κ1) is 15.0. The van der Waals surface area contributed by atoms with Crippen LogP contribution >= 0.6 is 23.7 Å². The molecule has 0 aliphatic carbocycles. The summed E-state index contributed by atoms with van der Waals surface area (Å²) in [5.74, 6) is 0.142. The summed E-state index contributed by atoms with van der Waals surface area (Å²) in [5.41, 5.74) is 1.13. The van der Waals surface area contributed by atoms with Crippen molar-refractivity contribution in [1.82, 2.24) is 10.3 Å². The number of hydrogen-bond acceptors (Lipinski definition) is 4. The first-order valence-corrected chi connectivity index (χ1v) is 7.17.